The monoisotopic (exact) mass is 383 g/mol. The number of hydrogen-bond donors (Lipinski definition) is 1. The molecule has 150 valence electrons. The molecular weight excluding hydrogens is 354 g/mol. The van der Waals surface area contributed by atoms with Gasteiger partial charge in [0.15, 0.2) is 0 Å². The Morgan fingerprint density at radius 3 is 2.61 bits per heavy atom. The third kappa shape index (κ3) is 6.87. The minimum Gasteiger partial charge on any atom is -0.493 e. The van der Waals surface area contributed by atoms with E-state index in [9.17, 15) is 4.79 Å². The summed E-state index contributed by atoms with van der Waals surface area (Å²) >= 11 is 0. The standard InChI is InChI=1S/C20H23NO4.C3H6/c1-14(20(22)23)9-15-5-4-6-17(10-15)24-13-16-11-18(12-16)25-19-7-2-3-8-21-19;1-2-3-1/h2-8,10,14,16,18H,9,11-13H2,1H3,(H,22,23);1-3H2. The maximum atomic E-state index is 11.0. The van der Waals surface area contributed by atoms with Crippen LogP contribution in [0.25, 0.3) is 0 Å². The summed E-state index contributed by atoms with van der Waals surface area (Å²) in [4.78, 5) is 15.1. The highest BCUT2D eigenvalue weighted by atomic mass is 16.5. The molecule has 1 N–H and O–H groups in total. The average molecular weight is 383 g/mol. The van der Waals surface area contributed by atoms with Crippen molar-refractivity contribution < 1.29 is 19.4 Å². The van der Waals surface area contributed by atoms with Crippen molar-refractivity contribution in [2.45, 2.75) is 51.6 Å². The minimum absolute atomic E-state index is 0.214. The van der Waals surface area contributed by atoms with Gasteiger partial charge in [-0.1, -0.05) is 44.4 Å². The molecule has 2 fully saturated rings. The molecule has 0 saturated heterocycles. The molecule has 1 atom stereocenters. The van der Waals surface area contributed by atoms with E-state index in [1.54, 1.807) is 13.1 Å². The molecule has 2 aliphatic carbocycles. The van der Waals surface area contributed by atoms with Crippen LogP contribution in [0.3, 0.4) is 0 Å². The molecule has 1 heterocycles. The van der Waals surface area contributed by atoms with Crippen molar-refractivity contribution in [3.8, 4) is 11.6 Å². The molecule has 0 radical (unpaired) electrons. The number of carboxylic acids is 1. The van der Waals surface area contributed by atoms with Gasteiger partial charge in [-0.25, -0.2) is 4.98 Å². The summed E-state index contributed by atoms with van der Waals surface area (Å²) in [7, 11) is 0. The highest BCUT2D eigenvalue weighted by Crippen LogP contribution is 2.31. The number of hydrogen-bond acceptors (Lipinski definition) is 4. The summed E-state index contributed by atoms with van der Waals surface area (Å²) in [6, 6.07) is 13.3. The molecule has 5 heteroatoms. The Morgan fingerprint density at radius 1 is 1.18 bits per heavy atom. The Hall–Kier alpha value is -2.56. The van der Waals surface area contributed by atoms with Gasteiger partial charge in [-0.15, -0.1) is 0 Å². The van der Waals surface area contributed by atoms with Crippen molar-refractivity contribution in [1.29, 1.82) is 0 Å². The number of benzene rings is 1. The Morgan fingerprint density at radius 2 is 1.96 bits per heavy atom. The third-order valence-corrected chi connectivity index (χ3v) is 4.82. The van der Waals surface area contributed by atoms with Gasteiger partial charge in [0.2, 0.25) is 5.88 Å². The van der Waals surface area contributed by atoms with Gasteiger partial charge < -0.3 is 14.6 Å². The van der Waals surface area contributed by atoms with Crippen molar-refractivity contribution in [3.05, 3.63) is 54.2 Å². The molecule has 0 aliphatic heterocycles. The molecule has 1 aromatic carbocycles. The second-order valence-electron chi connectivity index (χ2n) is 7.71. The van der Waals surface area contributed by atoms with Crippen LogP contribution >= 0.6 is 0 Å². The lowest BCUT2D eigenvalue weighted by Crippen LogP contribution is -2.37. The van der Waals surface area contributed by atoms with Gasteiger partial charge in [-0.3, -0.25) is 4.79 Å². The summed E-state index contributed by atoms with van der Waals surface area (Å²) in [6.07, 6.45) is 8.88. The topological polar surface area (TPSA) is 68.7 Å². The maximum absolute atomic E-state index is 11.0. The Labute approximate surface area is 166 Å². The van der Waals surface area contributed by atoms with E-state index in [-0.39, 0.29) is 6.10 Å². The van der Waals surface area contributed by atoms with Crippen LogP contribution in [0, 0.1) is 11.8 Å². The Kier molecular flexibility index (Phi) is 7.29. The summed E-state index contributed by atoms with van der Waals surface area (Å²) in [6.45, 7) is 2.37. The molecule has 2 aliphatic rings. The van der Waals surface area contributed by atoms with Gasteiger partial charge in [0.05, 0.1) is 12.5 Å². The quantitative estimate of drug-likeness (QED) is 0.712. The van der Waals surface area contributed by atoms with Crippen LogP contribution < -0.4 is 9.47 Å². The number of carbonyl (C=O) groups is 1. The molecule has 2 aromatic rings. The molecule has 28 heavy (non-hydrogen) atoms. The lowest BCUT2D eigenvalue weighted by Gasteiger charge is -2.34. The van der Waals surface area contributed by atoms with Gasteiger partial charge >= 0.3 is 5.97 Å². The molecule has 0 amide bonds. The molecule has 0 bridgehead atoms. The Balaban J connectivity index is 0.000000684. The van der Waals surface area contributed by atoms with E-state index in [4.69, 9.17) is 14.6 Å². The van der Waals surface area contributed by atoms with E-state index in [1.807, 2.05) is 42.5 Å². The van der Waals surface area contributed by atoms with Crippen molar-refractivity contribution in [2.75, 3.05) is 6.61 Å². The van der Waals surface area contributed by atoms with E-state index in [0.717, 1.165) is 24.2 Å². The van der Waals surface area contributed by atoms with Crippen LogP contribution in [0.1, 0.15) is 44.6 Å². The summed E-state index contributed by atoms with van der Waals surface area (Å²) < 4.78 is 11.7. The number of aromatic nitrogens is 1. The largest absolute Gasteiger partial charge is 0.493 e. The number of rotatable bonds is 8. The van der Waals surface area contributed by atoms with E-state index >= 15 is 0 Å². The molecule has 1 unspecified atom stereocenters. The van der Waals surface area contributed by atoms with Crippen LogP contribution in [0.15, 0.2) is 48.7 Å². The number of nitrogens with zero attached hydrogens (tertiary/aromatic N) is 1. The predicted octanol–water partition coefficient (Wildman–Crippen LogP) is 4.75. The zero-order valence-corrected chi connectivity index (χ0v) is 16.4. The van der Waals surface area contributed by atoms with Gasteiger partial charge in [-0.05, 0) is 48.9 Å². The average Bonchev–Trinajstić information content (AvgIpc) is 3.54. The molecule has 4 rings (SSSR count). The first-order valence-corrected chi connectivity index (χ1v) is 10.1. The lowest BCUT2D eigenvalue weighted by atomic mass is 9.83. The summed E-state index contributed by atoms with van der Waals surface area (Å²) in [5.74, 6) is 0.776. The molecule has 2 saturated carbocycles. The first kappa shape index (κ1) is 20.2. The highest BCUT2D eigenvalue weighted by molar-refractivity contribution is 5.69. The second-order valence-corrected chi connectivity index (χ2v) is 7.71. The smallest absolute Gasteiger partial charge is 0.306 e. The molecule has 5 nitrogen and oxygen atoms in total. The van der Waals surface area contributed by atoms with E-state index < -0.39 is 11.9 Å². The van der Waals surface area contributed by atoms with Crippen LogP contribution in [0.4, 0.5) is 0 Å². The van der Waals surface area contributed by atoms with E-state index in [2.05, 4.69) is 4.98 Å². The van der Waals surface area contributed by atoms with Crippen molar-refractivity contribution in [3.63, 3.8) is 0 Å². The van der Waals surface area contributed by atoms with E-state index in [1.165, 1.54) is 19.3 Å². The SMILES string of the molecule is C1CC1.CC(Cc1cccc(OCC2CC(Oc3ccccn3)C2)c1)C(=O)O. The third-order valence-electron chi connectivity index (χ3n) is 4.82. The van der Waals surface area contributed by atoms with Crippen LogP contribution in [0.5, 0.6) is 11.6 Å². The zero-order chi connectivity index (χ0) is 19.8. The van der Waals surface area contributed by atoms with Gasteiger partial charge in [0.25, 0.3) is 0 Å². The van der Waals surface area contributed by atoms with Crippen LogP contribution in [0.2, 0.25) is 0 Å². The number of ether oxygens (including phenoxy) is 2. The second kappa shape index (κ2) is 10.1. The van der Waals surface area contributed by atoms with Crippen LogP contribution in [-0.4, -0.2) is 28.8 Å². The van der Waals surface area contributed by atoms with Gasteiger partial charge in [-0.2, -0.15) is 0 Å². The van der Waals surface area contributed by atoms with Gasteiger partial charge in [0, 0.05) is 12.3 Å². The van der Waals surface area contributed by atoms with Crippen LogP contribution in [-0.2, 0) is 11.2 Å². The predicted molar refractivity (Wildman–Crippen MR) is 108 cm³/mol. The minimum atomic E-state index is -0.778. The molecule has 0 spiro atoms. The van der Waals surface area contributed by atoms with Crippen molar-refractivity contribution >= 4 is 5.97 Å². The fraction of sp³-hybridized carbons (Fsp3) is 0.478. The lowest BCUT2D eigenvalue weighted by molar-refractivity contribution is -0.141. The Bertz CT molecular complexity index is 739. The normalized spacial score (nSPS) is 20.8. The van der Waals surface area contributed by atoms with Crippen molar-refractivity contribution in [2.24, 2.45) is 11.8 Å². The number of carboxylic acid groups (broad SMARTS) is 1. The summed E-state index contributed by atoms with van der Waals surface area (Å²) in [5.41, 5.74) is 0.984. The number of pyridine rings is 1. The van der Waals surface area contributed by atoms with Gasteiger partial charge in [0.1, 0.15) is 11.9 Å². The van der Waals surface area contributed by atoms with E-state index in [0.29, 0.717) is 24.8 Å². The number of aliphatic carboxylic acids is 1. The van der Waals surface area contributed by atoms with Crippen molar-refractivity contribution in [1.82, 2.24) is 4.98 Å². The molecular formula is C23H29NO4. The zero-order valence-electron chi connectivity index (χ0n) is 16.4. The first-order valence-electron chi connectivity index (χ1n) is 10.1. The fourth-order valence-corrected chi connectivity index (χ4v) is 2.91. The maximum Gasteiger partial charge on any atom is 0.306 e. The summed E-state index contributed by atoms with van der Waals surface area (Å²) in [5, 5.41) is 9.01. The fourth-order valence-electron chi connectivity index (χ4n) is 2.91. The first-order chi connectivity index (χ1) is 13.6. The molecule has 1 aromatic heterocycles. The highest BCUT2D eigenvalue weighted by Gasteiger charge is 2.31.